The summed E-state index contributed by atoms with van der Waals surface area (Å²) >= 11 is 6.06. The molecule has 2 N–H and O–H groups in total. The second-order valence-corrected chi connectivity index (χ2v) is 5.10. The lowest BCUT2D eigenvalue weighted by Crippen LogP contribution is -2.46. The Hall–Kier alpha value is -1.33. The quantitative estimate of drug-likeness (QED) is 0.791. The molecule has 3 heterocycles. The van der Waals surface area contributed by atoms with Gasteiger partial charge in [-0.05, 0) is 18.9 Å². The minimum atomic E-state index is -0.571. The molecule has 2 aliphatic heterocycles. The first-order valence-electron chi connectivity index (χ1n) is 6.05. The minimum absolute atomic E-state index is 0.145. The number of Topliss-reactive ketones (excluding diaryl/α,β-unsaturated/α-hetero) is 1. The second kappa shape index (κ2) is 4.40. The lowest BCUT2D eigenvalue weighted by atomic mass is 10.0. The molecule has 2 aliphatic rings. The summed E-state index contributed by atoms with van der Waals surface area (Å²) < 4.78 is 0. The highest BCUT2D eigenvalue weighted by molar-refractivity contribution is 6.34. The van der Waals surface area contributed by atoms with Crippen LogP contribution in [0.25, 0.3) is 0 Å². The highest BCUT2D eigenvalue weighted by Crippen LogP contribution is 2.36. The Morgan fingerprint density at radius 1 is 1.67 bits per heavy atom. The Morgan fingerprint density at radius 3 is 3.28 bits per heavy atom. The van der Waals surface area contributed by atoms with E-state index in [1.54, 1.807) is 6.07 Å². The van der Waals surface area contributed by atoms with Crippen LogP contribution in [0.3, 0.4) is 0 Å². The van der Waals surface area contributed by atoms with Crippen LogP contribution in [-0.2, 0) is 0 Å². The number of hydrogen-bond acceptors (Lipinski definition) is 5. The average molecular weight is 268 g/mol. The van der Waals surface area contributed by atoms with Gasteiger partial charge in [0, 0.05) is 19.1 Å². The number of aromatic nitrogens is 1. The minimum Gasteiger partial charge on any atom is -0.388 e. The highest BCUT2D eigenvalue weighted by Gasteiger charge is 2.29. The fraction of sp³-hybridized carbons (Fsp3) is 0.500. The van der Waals surface area contributed by atoms with Gasteiger partial charge in [0.15, 0.2) is 5.82 Å². The molecule has 0 unspecified atom stereocenters. The number of piperidine rings is 1. The molecular formula is C12H14ClN3O2. The third kappa shape index (κ3) is 1.83. The normalized spacial score (nSPS) is 21.2. The number of fused-ring (bicyclic) bond motifs is 4. The number of anilines is 2. The number of ketones is 1. The summed E-state index contributed by atoms with van der Waals surface area (Å²) in [5, 5.41) is 12.5. The first-order valence-corrected chi connectivity index (χ1v) is 6.43. The summed E-state index contributed by atoms with van der Waals surface area (Å²) in [6.07, 6.45) is 2.26. The van der Waals surface area contributed by atoms with Crippen molar-refractivity contribution < 1.29 is 9.90 Å². The summed E-state index contributed by atoms with van der Waals surface area (Å²) in [6.45, 7) is 1.38. The van der Waals surface area contributed by atoms with E-state index in [-0.39, 0.29) is 5.69 Å². The SMILES string of the molecule is O=C(CO)c1nc2c(cc1Cl)N1CCC[C@@H](C1)N2. The van der Waals surface area contributed by atoms with Crippen molar-refractivity contribution in [1.82, 2.24) is 4.98 Å². The lowest BCUT2D eigenvalue weighted by Gasteiger charge is -2.40. The molecule has 3 rings (SSSR count). The van der Waals surface area contributed by atoms with Crippen molar-refractivity contribution in [2.45, 2.75) is 18.9 Å². The number of pyridine rings is 1. The monoisotopic (exact) mass is 267 g/mol. The second-order valence-electron chi connectivity index (χ2n) is 4.70. The van der Waals surface area contributed by atoms with Crippen LogP contribution < -0.4 is 10.2 Å². The Bertz CT molecular complexity index is 506. The van der Waals surface area contributed by atoms with Crippen molar-refractivity contribution in [3.05, 3.63) is 16.8 Å². The molecule has 5 nitrogen and oxygen atoms in total. The van der Waals surface area contributed by atoms with Gasteiger partial charge in [-0.15, -0.1) is 0 Å². The molecule has 2 bridgehead atoms. The number of halogens is 1. The van der Waals surface area contributed by atoms with Crippen LogP contribution in [0.1, 0.15) is 23.3 Å². The van der Waals surface area contributed by atoms with Crippen LogP contribution in [0.15, 0.2) is 6.07 Å². The first kappa shape index (κ1) is 11.7. The number of nitrogens with one attached hydrogen (secondary N) is 1. The van der Waals surface area contributed by atoms with E-state index in [1.165, 1.54) is 0 Å². The van der Waals surface area contributed by atoms with Crippen LogP contribution in [0, 0.1) is 0 Å². The summed E-state index contributed by atoms with van der Waals surface area (Å²) in [6, 6.07) is 2.15. The molecule has 18 heavy (non-hydrogen) atoms. The molecule has 1 atom stereocenters. The van der Waals surface area contributed by atoms with E-state index < -0.39 is 12.4 Å². The lowest BCUT2D eigenvalue weighted by molar-refractivity contribution is 0.0899. The number of aliphatic hydroxyl groups is 1. The molecule has 0 radical (unpaired) electrons. The van der Waals surface area contributed by atoms with E-state index in [0.717, 1.165) is 31.6 Å². The van der Waals surface area contributed by atoms with Gasteiger partial charge in [0.25, 0.3) is 0 Å². The standard InChI is InChI=1S/C12H14ClN3O2/c13-8-4-9-12(15-11(8)10(18)6-17)14-7-2-1-3-16(9)5-7/h4,7,17H,1-3,5-6H2,(H,14,15)/t7-/m0/s1. The van der Waals surface area contributed by atoms with Crippen molar-refractivity contribution in [3.63, 3.8) is 0 Å². The number of nitrogens with zero attached hydrogens (tertiary/aromatic N) is 2. The maximum absolute atomic E-state index is 11.5. The van der Waals surface area contributed by atoms with Gasteiger partial charge >= 0.3 is 0 Å². The van der Waals surface area contributed by atoms with Gasteiger partial charge in [-0.2, -0.15) is 0 Å². The number of carbonyl (C=O) groups is 1. The van der Waals surface area contributed by atoms with Gasteiger partial charge in [-0.25, -0.2) is 4.98 Å². The zero-order valence-corrected chi connectivity index (χ0v) is 10.6. The third-order valence-electron chi connectivity index (χ3n) is 3.47. The molecule has 0 spiro atoms. The van der Waals surface area contributed by atoms with Gasteiger partial charge < -0.3 is 15.3 Å². The van der Waals surface area contributed by atoms with Crippen molar-refractivity contribution in [2.24, 2.45) is 0 Å². The first-order chi connectivity index (χ1) is 8.69. The van der Waals surface area contributed by atoms with Crippen molar-refractivity contribution in [1.29, 1.82) is 0 Å². The summed E-state index contributed by atoms with van der Waals surface area (Å²) in [5.41, 5.74) is 1.09. The van der Waals surface area contributed by atoms with Gasteiger partial charge in [-0.1, -0.05) is 11.6 Å². The van der Waals surface area contributed by atoms with Gasteiger partial charge in [0.05, 0.1) is 10.7 Å². The average Bonchev–Trinajstić information content (AvgIpc) is 2.39. The number of aliphatic hydroxyl groups excluding tert-OH is 1. The van der Waals surface area contributed by atoms with E-state index >= 15 is 0 Å². The zero-order chi connectivity index (χ0) is 12.7. The Morgan fingerprint density at radius 2 is 2.50 bits per heavy atom. The fourth-order valence-electron chi connectivity index (χ4n) is 2.60. The molecule has 1 saturated heterocycles. The summed E-state index contributed by atoms with van der Waals surface area (Å²) in [7, 11) is 0. The molecule has 1 fully saturated rings. The molecule has 0 amide bonds. The van der Waals surface area contributed by atoms with E-state index in [1.807, 2.05) is 0 Å². The van der Waals surface area contributed by atoms with E-state index in [9.17, 15) is 4.79 Å². The van der Waals surface area contributed by atoms with E-state index in [0.29, 0.717) is 16.9 Å². The van der Waals surface area contributed by atoms with E-state index in [4.69, 9.17) is 16.7 Å². The Labute approximate surface area is 110 Å². The predicted octanol–water partition coefficient (Wildman–Crippen LogP) is 1.30. The Kier molecular flexibility index (Phi) is 2.87. The third-order valence-corrected chi connectivity index (χ3v) is 3.75. The molecule has 1 aromatic heterocycles. The van der Waals surface area contributed by atoms with Crippen molar-refractivity contribution in [2.75, 3.05) is 29.9 Å². The van der Waals surface area contributed by atoms with E-state index in [2.05, 4.69) is 15.2 Å². The zero-order valence-electron chi connectivity index (χ0n) is 9.82. The molecule has 0 saturated carbocycles. The molecule has 0 aromatic carbocycles. The largest absolute Gasteiger partial charge is 0.388 e. The molecule has 6 heteroatoms. The van der Waals surface area contributed by atoms with Crippen LogP contribution in [-0.4, -0.2) is 41.6 Å². The van der Waals surface area contributed by atoms with Crippen LogP contribution in [0.5, 0.6) is 0 Å². The maximum Gasteiger partial charge on any atom is 0.208 e. The predicted molar refractivity (Wildman–Crippen MR) is 69.5 cm³/mol. The van der Waals surface area contributed by atoms with Gasteiger partial charge in [0.2, 0.25) is 5.78 Å². The molecular weight excluding hydrogens is 254 g/mol. The van der Waals surface area contributed by atoms with Crippen LogP contribution >= 0.6 is 11.6 Å². The topological polar surface area (TPSA) is 65.5 Å². The van der Waals surface area contributed by atoms with Crippen LogP contribution in [0.4, 0.5) is 11.5 Å². The van der Waals surface area contributed by atoms with Crippen molar-refractivity contribution >= 4 is 28.9 Å². The Balaban J connectivity index is 2.05. The van der Waals surface area contributed by atoms with Gasteiger partial charge in [0.1, 0.15) is 12.3 Å². The summed E-state index contributed by atoms with van der Waals surface area (Å²) in [4.78, 5) is 18.0. The molecule has 0 aliphatic carbocycles. The van der Waals surface area contributed by atoms with Crippen LogP contribution in [0.2, 0.25) is 5.02 Å². The smallest absolute Gasteiger partial charge is 0.208 e. The summed E-state index contributed by atoms with van der Waals surface area (Å²) in [5.74, 6) is 0.252. The van der Waals surface area contributed by atoms with Crippen molar-refractivity contribution in [3.8, 4) is 0 Å². The highest BCUT2D eigenvalue weighted by atomic mass is 35.5. The maximum atomic E-state index is 11.5. The number of rotatable bonds is 2. The molecule has 1 aromatic rings. The molecule has 96 valence electrons. The fourth-order valence-corrected chi connectivity index (χ4v) is 2.86. The van der Waals surface area contributed by atoms with Gasteiger partial charge in [-0.3, -0.25) is 4.79 Å². The number of carbonyl (C=O) groups excluding carboxylic acids is 1. The number of hydrogen-bond donors (Lipinski definition) is 2.